The first kappa shape index (κ1) is 13.3. The summed E-state index contributed by atoms with van der Waals surface area (Å²) in [5.74, 6) is 0.508. The number of rotatable bonds is 3. The fraction of sp³-hybridized carbons (Fsp3) is 0.182. The van der Waals surface area contributed by atoms with Gasteiger partial charge >= 0.3 is 0 Å². The molecule has 0 aliphatic carbocycles. The zero-order valence-electron chi connectivity index (χ0n) is 8.53. The molecule has 0 aliphatic rings. The summed E-state index contributed by atoms with van der Waals surface area (Å²) < 4.78 is 7.64. The number of nitrogens with zero attached hydrogens (tertiary/aromatic N) is 1. The van der Waals surface area contributed by atoms with Gasteiger partial charge in [0, 0.05) is 22.8 Å². The number of hydrogen-bond acceptors (Lipinski definition) is 3. The second-order valence-corrected chi connectivity index (χ2v) is 5.95. The van der Waals surface area contributed by atoms with Gasteiger partial charge in [-0.15, -0.1) is 0 Å². The first-order valence-corrected chi connectivity index (χ1v) is 7.17. The molecular weight excluding hydrogens is 418 g/mol. The van der Waals surface area contributed by atoms with Crippen molar-refractivity contribution in [1.82, 2.24) is 4.98 Å². The largest absolute Gasteiger partial charge is 0.450 e. The van der Waals surface area contributed by atoms with Crippen LogP contribution >= 0.6 is 47.8 Å². The minimum Gasteiger partial charge on any atom is -0.450 e. The molecule has 0 radical (unpaired) electrons. The Bertz CT molecular complexity index is 490. The maximum absolute atomic E-state index is 9.99. The molecule has 1 unspecified atom stereocenters. The predicted molar refractivity (Wildman–Crippen MR) is 74.7 cm³/mol. The van der Waals surface area contributed by atoms with Gasteiger partial charge < -0.3 is 9.52 Å². The fourth-order valence-corrected chi connectivity index (χ4v) is 2.20. The molecule has 90 valence electrons. The highest BCUT2D eigenvalue weighted by molar-refractivity contribution is 9.13. The van der Waals surface area contributed by atoms with Crippen LogP contribution in [0.5, 0.6) is 0 Å². The monoisotopic (exact) mass is 423 g/mol. The van der Waals surface area contributed by atoms with E-state index in [0.717, 1.165) is 14.6 Å². The van der Waals surface area contributed by atoms with Crippen LogP contribution in [-0.2, 0) is 6.42 Å². The number of halogens is 3. The van der Waals surface area contributed by atoms with Crippen molar-refractivity contribution in [2.75, 3.05) is 0 Å². The van der Waals surface area contributed by atoms with Crippen LogP contribution in [-0.4, -0.2) is 10.1 Å². The minimum absolute atomic E-state index is 0.416. The number of furan rings is 1. The second-order valence-electron chi connectivity index (χ2n) is 3.46. The van der Waals surface area contributed by atoms with E-state index in [9.17, 15) is 5.11 Å². The molecule has 3 nitrogen and oxygen atoms in total. The van der Waals surface area contributed by atoms with Crippen LogP contribution in [0.3, 0.4) is 0 Å². The van der Waals surface area contributed by atoms with E-state index in [1.165, 1.54) is 0 Å². The topological polar surface area (TPSA) is 46.3 Å². The van der Waals surface area contributed by atoms with Gasteiger partial charge in [0.15, 0.2) is 4.67 Å². The average Bonchev–Trinajstić information content (AvgIpc) is 2.63. The molecule has 0 aromatic carbocycles. The highest BCUT2D eigenvalue weighted by atomic mass is 79.9. The molecule has 2 heterocycles. The Hall–Kier alpha value is -0.170. The van der Waals surface area contributed by atoms with E-state index in [-0.39, 0.29) is 0 Å². The Balaban J connectivity index is 2.11. The van der Waals surface area contributed by atoms with E-state index in [0.29, 0.717) is 16.9 Å². The molecule has 17 heavy (non-hydrogen) atoms. The third-order valence-corrected chi connectivity index (χ3v) is 4.36. The van der Waals surface area contributed by atoms with Gasteiger partial charge in [-0.2, -0.15) is 0 Å². The molecule has 0 saturated carbocycles. The maximum atomic E-state index is 9.99. The van der Waals surface area contributed by atoms with Gasteiger partial charge in [0.1, 0.15) is 11.9 Å². The zero-order valence-corrected chi connectivity index (χ0v) is 13.3. The first-order valence-electron chi connectivity index (χ1n) is 4.79. The van der Waals surface area contributed by atoms with Crippen LogP contribution in [0.15, 0.2) is 42.4 Å². The molecule has 0 spiro atoms. The summed E-state index contributed by atoms with van der Waals surface area (Å²) in [7, 11) is 0. The van der Waals surface area contributed by atoms with Crippen LogP contribution in [0.1, 0.15) is 17.6 Å². The number of hydrogen-bond donors (Lipinski definition) is 1. The van der Waals surface area contributed by atoms with Gasteiger partial charge in [-0.25, -0.2) is 0 Å². The van der Waals surface area contributed by atoms with E-state index in [4.69, 9.17) is 4.42 Å². The van der Waals surface area contributed by atoms with Crippen LogP contribution in [0.2, 0.25) is 0 Å². The third-order valence-electron chi connectivity index (χ3n) is 2.18. The van der Waals surface area contributed by atoms with Gasteiger partial charge in [-0.3, -0.25) is 4.98 Å². The van der Waals surface area contributed by atoms with E-state index in [2.05, 4.69) is 52.8 Å². The minimum atomic E-state index is -0.703. The van der Waals surface area contributed by atoms with Crippen molar-refractivity contribution in [2.45, 2.75) is 12.5 Å². The summed E-state index contributed by atoms with van der Waals surface area (Å²) in [6.45, 7) is 0. The lowest BCUT2D eigenvalue weighted by molar-refractivity contribution is 0.147. The van der Waals surface area contributed by atoms with Crippen molar-refractivity contribution >= 4 is 47.8 Å². The molecule has 2 aromatic heterocycles. The summed E-state index contributed by atoms with van der Waals surface area (Å²) >= 11 is 9.85. The van der Waals surface area contributed by atoms with Gasteiger partial charge in [0.25, 0.3) is 0 Å². The maximum Gasteiger partial charge on any atom is 0.183 e. The van der Waals surface area contributed by atoms with E-state index < -0.39 is 6.10 Å². The smallest absolute Gasteiger partial charge is 0.183 e. The second kappa shape index (κ2) is 5.65. The summed E-state index contributed by atoms with van der Waals surface area (Å²) in [5.41, 5.74) is 0.810. The normalized spacial score (nSPS) is 12.7. The van der Waals surface area contributed by atoms with E-state index in [1.807, 2.05) is 12.1 Å². The van der Waals surface area contributed by atoms with Crippen LogP contribution in [0.4, 0.5) is 0 Å². The van der Waals surface area contributed by atoms with Crippen molar-refractivity contribution < 1.29 is 9.52 Å². The number of pyridine rings is 1. The molecule has 2 aromatic rings. The SMILES string of the molecule is OC(Cc1ccc(Br)cn1)c1cc(Br)c(Br)o1. The van der Waals surface area contributed by atoms with Crippen LogP contribution in [0.25, 0.3) is 0 Å². The number of aliphatic hydroxyl groups is 1. The fourth-order valence-electron chi connectivity index (χ4n) is 1.35. The standard InChI is InChI=1S/C11H8Br3NO2/c12-6-1-2-7(15-5-6)3-9(16)10-4-8(13)11(14)17-10/h1-2,4-5,9,16H,3H2. The lowest BCUT2D eigenvalue weighted by atomic mass is 10.1. The molecule has 1 atom stereocenters. The molecule has 0 aliphatic heterocycles. The zero-order chi connectivity index (χ0) is 12.4. The Morgan fingerprint density at radius 1 is 1.29 bits per heavy atom. The first-order chi connectivity index (χ1) is 8.06. The van der Waals surface area contributed by atoms with Crippen molar-refractivity contribution in [3.8, 4) is 0 Å². The lowest BCUT2D eigenvalue weighted by Crippen LogP contribution is -2.01. The number of aliphatic hydroxyl groups excluding tert-OH is 1. The Labute approximate surface area is 124 Å². The van der Waals surface area contributed by atoms with E-state index in [1.54, 1.807) is 12.3 Å². The van der Waals surface area contributed by atoms with Crippen LogP contribution in [0, 0.1) is 0 Å². The molecule has 6 heteroatoms. The predicted octanol–water partition coefficient (Wildman–Crippen LogP) is 4.24. The van der Waals surface area contributed by atoms with E-state index >= 15 is 0 Å². The quantitative estimate of drug-likeness (QED) is 0.800. The average molecular weight is 426 g/mol. The molecule has 0 saturated heterocycles. The molecular formula is C11H8Br3NO2. The van der Waals surface area contributed by atoms with Gasteiger partial charge in [-0.05, 0) is 66.0 Å². The highest BCUT2D eigenvalue weighted by Gasteiger charge is 2.16. The van der Waals surface area contributed by atoms with Gasteiger partial charge in [0.05, 0.1) is 4.47 Å². The molecule has 2 rings (SSSR count). The number of aromatic nitrogens is 1. The molecule has 0 amide bonds. The Morgan fingerprint density at radius 3 is 2.59 bits per heavy atom. The summed E-state index contributed by atoms with van der Waals surface area (Å²) in [6, 6.07) is 5.50. The van der Waals surface area contributed by atoms with Crippen molar-refractivity contribution in [1.29, 1.82) is 0 Å². The highest BCUT2D eigenvalue weighted by Crippen LogP contribution is 2.30. The molecule has 0 bridgehead atoms. The van der Waals surface area contributed by atoms with Crippen molar-refractivity contribution in [3.63, 3.8) is 0 Å². The summed E-state index contributed by atoms with van der Waals surface area (Å²) in [4.78, 5) is 4.20. The third kappa shape index (κ3) is 3.40. The lowest BCUT2D eigenvalue weighted by Gasteiger charge is -2.06. The van der Waals surface area contributed by atoms with Crippen molar-refractivity contribution in [3.05, 3.63) is 49.5 Å². The van der Waals surface area contributed by atoms with Gasteiger partial charge in [0.2, 0.25) is 0 Å². The Morgan fingerprint density at radius 2 is 2.06 bits per heavy atom. The molecule has 0 fully saturated rings. The summed E-state index contributed by atoms with van der Waals surface area (Å²) in [5, 5.41) is 9.99. The molecule has 1 N–H and O–H groups in total. The van der Waals surface area contributed by atoms with Crippen molar-refractivity contribution in [2.24, 2.45) is 0 Å². The summed E-state index contributed by atoms with van der Waals surface area (Å²) in [6.07, 6.45) is 1.42. The Kier molecular flexibility index (Phi) is 4.41. The van der Waals surface area contributed by atoms with Crippen LogP contribution < -0.4 is 0 Å². The van der Waals surface area contributed by atoms with Gasteiger partial charge in [-0.1, -0.05) is 0 Å².